The predicted octanol–water partition coefficient (Wildman–Crippen LogP) is 3.56. The van der Waals surface area contributed by atoms with Crippen LogP contribution in [0, 0.1) is 11.6 Å². The molecule has 0 saturated carbocycles. The molecule has 100 valence electrons. The van der Waals surface area contributed by atoms with E-state index in [9.17, 15) is 8.78 Å². The molecule has 0 aromatic heterocycles. The van der Waals surface area contributed by atoms with Gasteiger partial charge in [0, 0.05) is 6.04 Å². The molecule has 0 amide bonds. The highest BCUT2D eigenvalue weighted by molar-refractivity contribution is 5.29. The van der Waals surface area contributed by atoms with Crippen LogP contribution in [0.3, 0.4) is 0 Å². The van der Waals surface area contributed by atoms with E-state index in [4.69, 9.17) is 10.5 Å². The second-order valence-electron chi connectivity index (χ2n) is 4.39. The average Bonchev–Trinajstić information content (AvgIpc) is 2.40. The summed E-state index contributed by atoms with van der Waals surface area (Å²) < 4.78 is 31.2. The van der Waals surface area contributed by atoms with Gasteiger partial charge in [0.25, 0.3) is 0 Å². The summed E-state index contributed by atoms with van der Waals surface area (Å²) in [7, 11) is 0. The van der Waals surface area contributed by atoms with Crippen LogP contribution in [-0.4, -0.2) is 0 Å². The van der Waals surface area contributed by atoms with Crippen molar-refractivity contribution in [3.05, 3.63) is 65.2 Å². The van der Waals surface area contributed by atoms with Gasteiger partial charge in [0.15, 0.2) is 11.6 Å². The van der Waals surface area contributed by atoms with Gasteiger partial charge in [-0.25, -0.2) is 8.78 Å². The van der Waals surface area contributed by atoms with E-state index in [-0.39, 0.29) is 12.6 Å². The first-order valence-corrected chi connectivity index (χ1v) is 5.98. The molecular formula is C15H15F2NO. The van der Waals surface area contributed by atoms with Crippen molar-refractivity contribution >= 4 is 0 Å². The van der Waals surface area contributed by atoms with Gasteiger partial charge in [0.1, 0.15) is 12.4 Å². The second-order valence-corrected chi connectivity index (χ2v) is 4.39. The molecule has 0 aliphatic carbocycles. The minimum Gasteiger partial charge on any atom is -0.489 e. The third kappa shape index (κ3) is 3.51. The summed E-state index contributed by atoms with van der Waals surface area (Å²) in [4.78, 5) is 0. The molecular weight excluding hydrogens is 248 g/mol. The normalized spacial score (nSPS) is 12.2. The van der Waals surface area contributed by atoms with Crippen LogP contribution in [0.25, 0.3) is 0 Å². The van der Waals surface area contributed by atoms with E-state index in [0.717, 1.165) is 17.7 Å². The maximum atomic E-state index is 13.0. The molecule has 2 rings (SSSR count). The molecule has 0 heterocycles. The fourth-order valence-electron chi connectivity index (χ4n) is 1.66. The molecule has 1 atom stereocenters. The SMILES string of the molecule is CC(N)c1ccc(OCc2ccc(F)c(F)c2)cc1. The van der Waals surface area contributed by atoms with E-state index >= 15 is 0 Å². The van der Waals surface area contributed by atoms with E-state index in [2.05, 4.69) is 0 Å². The number of hydrogen-bond donors (Lipinski definition) is 1. The molecule has 0 bridgehead atoms. The topological polar surface area (TPSA) is 35.2 Å². The molecule has 4 heteroatoms. The lowest BCUT2D eigenvalue weighted by atomic mass is 10.1. The number of ether oxygens (including phenoxy) is 1. The number of halogens is 2. The van der Waals surface area contributed by atoms with Crippen molar-refractivity contribution in [1.29, 1.82) is 0 Å². The quantitative estimate of drug-likeness (QED) is 0.915. The van der Waals surface area contributed by atoms with Crippen molar-refractivity contribution in [3.63, 3.8) is 0 Å². The summed E-state index contributed by atoms with van der Waals surface area (Å²) in [6.45, 7) is 2.09. The van der Waals surface area contributed by atoms with Crippen LogP contribution in [0.5, 0.6) is 5.75 Å². The fourth-order valence-corrected chi connectivity index (χ4v) is 1.66. The van der Waals surface area contributed by atoms with Crippen molar-refractivity contribution in [3.8, 4) is 5.75 Å². The first-order valence-electron chi connectivity index (χ1n) is 5.98. The van der Waals surface area contributed by atoms with E-state index in [1.165, 1.54) is 6.07 Å². The molecule has 19 heavy (non-hydrogen) atoms. The molecule has 2 aromatic rings. The zero-order chi connectivity index (χ0) is 13.8. The molecule has 0 fully saturated rings. The molecule has 0 radical (unpaired) electrons. The van der Waals surface area contributed by atoms with Crippen LogP contribution >= 0.6 is 0 Å². The van der Waals surface area contributed by atoms with E-state index in [1.54, 1.807) is 12.1 Å². The van der Waals surface area contributed by atoms with Crippen molar-refractivity contribution < 1.29 is 13.5 Å². The van der Waals surface area contributed by atoms with Crippen LogP contribution in [0.2, 0.25) is 0 Å². The summed E-state index contributed by atoms with van der Waals surface area (Å²) in [6.07, 6.45) is 0. The Morgan fingerprint density at radius 1 is 1.05 bits per heavy atom. The van der Waals surface area contributed by atoms with Gasteiger partial charge in [-0.05, 0) is 42.3 Å². The van der Waals surface area contributed by atoms with Crippen molar-refractivity contribution in [2.45, 2.75) is 19.6 Å². The van der Waals surface area contributed by atoms with Gasteiger partial charge in [-0.3, -0.25) is 0 Å². The number of benzene rings is 2. The number of nitrogens with two attached hydrogens (primary N) is 1. The van der Waals surface area contributed by atoms with E-state index in [0.29, 0.717) is 11.3 Å². The summed E-state index contributed by atoms with van der Waals surface area (Å²) >= 11 is 0. The smallest absolute Gasteiger partial charge is 0.159 e. The van der Waals surface area contributed by atoms with E-state index in [1.807, 2.05) is 19.1 Å². The lowest BCUT2D eigenvalue weighted by molar-refractivity contribution is 0.305. The largest absolute Gasteiger partial charge is 0.489 e. The van der Waals surface area contributed by atoms with Crippen molar-refractivity contribution in [2.24, 2.45) is 5.73 Å². The highest BCUT2D eigenvalue weighted by atomic mass is 19.2. The first-order chi connectivity index (χ1) is 9.06. The number of rotatable bonds is 4. The molecule has 0 aliphatic rings. The Kier molecular flexibility index (Phi) is 4.12. The summed E-state index contributed by atoms with van der Waals surface area (Å²) in [5.74, 6) is -1.06. The third-order valence-corrected chi connectivity index (χ3v) is 2.80. The molecule has 0 spiro atoms. The zero-order valence-corrected chi connectivity index (χ0v) is 10.6. The minimum absolute atomic E-state index is 0.0276. The van der Waals surface area contributed by atoms with Crippen LogP contribution in [0.1, 0.15) is 24.1 Å². The molecule has 2 aromatic carbocycles. The Morgan fingerprint density at radius 2 is 1.74 bits per heavy atom. The molecule has 2 nitrogen and oxygen atoms in total. The van der Waals surface area contributed by atoms with Crippen molar-refractivity contribution in [1.82, 2.24) is 0 Å². The van der Waals surface area contributed by atoms with Crippen LogP contribution < -0.4 is 10.5 Å². The van der Waals surface area contributed by atoms with Crippen molar-refractivity contribution in [2.75, 3.05) is 0 Å². The van der Waals surface area contributed by atoms with E-state index < -0.39 is 11.6 Å². The maximum Gasteiger partial charge on any atom is 0.159 e. The highest BCUT2D eigenvalue weighted by Crippen LogP contribution is 2.18. The lowest BCUT2D eigenvalue weighted by Crippen LogP contribution is -2.04. The Balaban J connectivity index is 2.00. The molecule has 0 aliphatic heterocycles. The van der Waals surface area contributed by atoms with Crippen LogP contribution in [0.4, 0.5) is 8.78 Å². The first kappa shape index (κ1) is 13.5. The Bertz CT molecular complexity index is 553. The number of hydrogen-bond acceptors (Lipinski definition) is 2. The van der Waals surface area contributed by atoms with Gasteiger partial charge in [-0.15, -0.1) is 0 Å². The summed E-state index contributed by atoms with van der Waals surface area (Å²) in [6, 6.07) is 11.1. The molecule has 0 saturated heterocycles. The Morgan fingerprint density at radius 3 is 2.32 bits per heavy atom. The average molecular weight is 263 g/mol. The van der Waals surface area contributed by atoms with Gasteiger partial charge in [0.2, 0.25) is 0 Å². The minimum atomic E-state index is -0.867. The summed E-state index contributed by atoms with van der Waals surface area (Å²) in [5.41, 5.74) is 7.33. The Hall–Kier alpha value is -1.94. The van der Waals surface area contributed by atoms with Crippen LogP contribution in [0.15, 0.2) is 42.5 Å². The molecule has 2 N–H and O–H groups in total. The summed E-state index contributed by atoms with van der Waals surface area (Å²) in [5, 5.41) is 0. The maximum absolute atomic E-state index is 13.0. The second kappa shape index (κ2) is 5.80. The van der Waals surface area contributed by atoms with Gasteiger partial charge in [-0.2, -0.15) is 0 Å². The van der Waals surface area contributed by atoms with Gasteiger partial charge < -0.3 is 10.5 Å². The van der Waals surface area contributed by atoms with Gasteiger partial charge in [0.05, 0.1) is 0 Å². The standard InChI is InChI=1S/C15H15F2NO/c1-10(18)12-3-5-13(6-4-12)19-9-11-2-7-14(16)15(17)8-11/h2-8,10H,9,18H2,1H3. The lowest BCUT2D eigenvalue weighted by Gasteiger charge is -2.09. The zero-order valence-electron chi connectivity index (χ0n) is 10.6. The monoisotopic (exact) mass is 263 g/mol. The predicted molar refractivity (Wildman–Crippen MR) is 69.7 cm³/mol. The fraction of sp³-hybridized carbons (Fsp3) is 0.200. The highest BCUT2D eigenvalue weighted by Gasteiger charge is 2.04. The van der Waals surface area contributed by atoms with Crippen LogP contribution in [-0.2, 0) is 6.61 Å². The van der Waals surface area contributed by atoms with Gasteiger partial charge >= 0.3 is 0 Å². The third-order valence-electron chi connectivity index (χ3n) is 2.80. The molecule has 1 unspecified atom stereocenters. The van der Waals surface area contributed by atoms with Gasteiger partial charge in [-0.1, -0.05) is 18.2 Å². The Labute approximate surface area is 110 Å².